The average Bonchev–Trinajstić information content (AvgIpc) is 2.47. The van der Waals surface area contributed by atoms with E-state index in [0.717, 1.165) is 35.6 Å². The molecule has 2 atom stereocenters. The number of amides is 1. The fourth-order valence-corrected chi connectivity index (χ4v) is 3.06. The first kappa shape index (κ1) is 14.9. The number of hydrogen-bond acceptors (Lipinski definition) is 3. The summed E-state index contributed by atoms with van der Waals surface area (Å²) in [5.41, 5.74) is 5.10. The van der Waals surface area contributed by atoms with Crippen LogP contribution < -0.4 is 16.6 Å². The molecule has 20 heavy (non-hydrogen) atoms. The highest BCUT2D eigenvalue weighted by Crippen LogP contribution is 2.27. The topological polar surface area (TPSA) is 67.2 Å². The Morgan fingerprint density at radius 2 is 2.20 bits per heavy atom. The van der Waals surface area contributed by atoms with E-state index in [-0.39, 0.29) is 5.91 Å². The highest BCUT2D eigenvalue weighted by Gasteiger charge is 2.22. The largest absolute Gasteiger partial charge is 0.349 e. The second-order valence-corrected chi connectivity index (χ2v) is 5.79. The van der Waals surface area contributed by atoms with Crippen LogP contribution >= 0.6 is 0 Å². The summed E-state index contributed by atoms with van der Waals surface area (Å²) in [7, 11) is 0. The molecule has 4 N–H and O–H groups in total. The number of carbonyl (C=O) groups excluding carboxylic acids is 1. The number of nitrogen functional groups attached to an aromatic ring is 1. The van der Waals surface area contributed by atoms with Crippen LogP contribution in [-0.4, -0.2) is 11.9 Å². The van der Waals surface area contributed by atoms with Gasteiger partial charge in [0.05, 0.1) is 0 Å². The molecule has 2 rings (SSSR count). The summed E-state index contributed by atoms with van der Waals surface area (Å²) in [6, 6.07) is 5.88. The van der Waals surface area contributed by atoms with Crippen molar-refractivity contribution in [3.63, 3.8) is 0 Å². The summed E-state index contributed by atoms with van der Waals surface area (Å²) in [6.07, 6.45) is 5.95. The Morgan fingerprint density at radius 3 is 2.85 bits per heavy atom. The zero-order chi connectivity index (χ0) is 14.5. The van der Waals surface area contributed by atoms with E-state index in [2.05, 4.69) is 17.7 Å². The van der Waals surface area contributed by atoms with Crippen LogP contribution in [0.15, 0.2) is 18.2 Å². The van der Waals surface area contributed by atoms with Gasteiger partial charge < -0.3 is 10.7 Å². The molecule has 1 aromatic carbocycles. The van der Waals surface area contributed by atoms with E-state index >= 15 is 0 Å². The Kier molecular flexibility index (Phi) is 5.01. The van der Waals surface area contributed by atoms with Gasteiger partial charge in [-0.1, -0.05) is 26.2 Å². The van der Waals surface area contributed by atoms with E-state index in [9.17, 15) is 4.79 Å². The van der Waals surface area contributed by atoms with Gasteiger partial charge in [0.25, 0.3) is 5.91 Å². The van der Waals surface area contributed by atoms with Crippen molar-refractivity contribution in [1.82, 2.24) is 5.32 Å². The lowest BCUT2D eigenvalue weighted by Crippen LogP contribution is -2.38. The molecule has 1 aromatic rings. The van der Waals surface area contributed by atoms with Gasteiger partial charge in [0.2, 0.25) is 0 Å². The molecule has 0 radical (unpaired) electrons. The van der Waals surface area contributed by atoms with Gasteiger partial charge in [-0.3, -0.25) is 10.6 Å². The van der Waals surface area contributed by atoms with Crippen LogP contribution in [0.2, 0.25) is 0 Å². The molecule has 0 saturated heterocycles. The van der Waals surface area contributed by atoms with Gasteiger partial charge in [-0.15, -0.1) is 0 Å². The predicted octanol–water partition coefficient (Wildman–Crippen LogP) is 2.98. The molecule has 0 aliphatic heterocycles. The van der Waals surface area contributed by atoms with E-state index in [1.807, 2.05) is 25.1 Å². The summed E-state index contributed by atoms with van der Waals surface area (Å²) >= 11 is 0. The van der Waals surface area contributed by atoms with Crippen molar-refractivity contribution in [3.8, 4) is 0 Å². The maximum Gasteiger partial charge on any atom is 0.251 e. The van der Waals surface area contributed by atoms with Crippen molar-refractivity contribution in [2.24, 2.45) is 11.8 Å². The highest BCUT2D eigenvalue weighted by atomic mass is 16.1. The van der Waals surface area contributed by atoms with Crippen molar-refractivity contribution in [1.29, 1.82) is 0 Å². The first-order valence-corrected chi connectivity index (χ1v) is 7.52. The molecule has 1 aliphatic rings. The molecular formula is C16H25N3O. The lowest BCUT2D eigenvalue weighted by atomic mass is 9.84. The van der Waals surface area contributed by atoms with Crippen LogP contribution in [0.25, 0.3) is 0 Å². The number of rotatable bonds is 4. The van der Waals surface area contributed by atoms with Crippen LogP contribution in [0.5, 0.6) is 0 Å². The first-order valence-electron chi connectivity index (χ1n) is 7.52. The lowest BCUT2D eigenvalue weighted by molar-refractivity contribution is 0.0918. The van der Waals surface area contributed by atoms with E-state index < -0.39 is 0 Å². The zero-order valence-corrected chi connectivity index (χ0v) is 12.4. The van der Waals surface area contributed by atoms with E-state index in [0.29, 0.717) is 6.04 Å². The number of carbonyl (C=O) groups is 1. The number of nitrogens with two attached hydrogens (primary N) is 1. The van der Waals surface area contributed by atoms with E-state index in [1.54, 1.807) is 0 Å². The Hall–Kier alpha value is -1.55. The fourth-order valence-electron chi connectivity index (χ4n) is 3.06. The van der Waals surface area contributed by atoms with Gasteiger partial charge in [-0.2, -0.15) is 0 Å². The Morgan fingerprint density at radius 1 is 1.40 bits per heavy atom. The summed E-state index contributed by atoms with van der Waals surface area (Å²) < 4.78 is 0. The van der Waals surface area contributed by atoms with Crippen LogP contribution in [0, 0.1) is 12.8 Å². The third-order valence-corrected chi connectivity index (χ3v) is 4.33. The molecule has 1 aliphatic carbocycles. The minimum Gasteiger partial charge on any atom is -0.349 e. The number of aryl methyl sites for hydroxylation is 1. The Balaban J connectivity index is 2.01. The zero-order valence-electron chi connectivity index (χ0n) is 12.4. The summed E-state index contributed by atoms with van der Waals surface area (Å²) in [6.45, 7) is 4.17. The quantitative estimate of drug-likeness (QED) is 0.584. The third kappa shape index (κ3) is 3.51. The van der Waals surface area contributed by atoms with Crippen LogP contribution in [0.1, 0.15) is 54.9 Å². The van der Waals surface area contributed by atoms with Crippen LogP contribution in [-0.2, 0) is 0 Å². The standard InChI is InChI=1S/C16H25N3O/c1-3-12-5-4-6-13(10-12)18-16(20)15-8-7-14(19-17)9-11(15)2/h7-9,12-13,19H,3-6,10,17H2,1-2H3,(H,18,20). The van der Waals surface area contributed by atoms with E-state index in [1.165, 1.54) is 19.3 Å². The monoisotopic (exact) mass is 275 g/mol. The molecule has 1 fully saturated rings. The number of benzene rings is 1. The molecule has 4 nitrogen and oxygen atoms in total. The third-order valence-electron chi connectivity index (χ3n) is 4.33. The van der Waals surface area contributed by atoms with Gasteiger partial charge in [0.15, 0.2) is 0 Å². The maximum absolute atomic E-state index is 12.4. The highest BCUT2D eigenvalue weighted by molar-refractivity contribution is 5.96. The summed E-state index contributed by atoms with van der Waals surface area (Å²) in [5.74, 6) is 6.17. The number of hydrazine groups is 1. The molecule has 1 amide bonds. The Bertz CT molecular complexity index is 473. The molecule has 2 unspecified atom stereocenters. The van der Waals surface area contributed by atoms with Crippen molar-refractivity contribution >= 4 is 11.6 Å². The molecule has 0 aromatic heterocycles. The second kappa shape index (κ2) is 6.75. The van der Waals surface area contributed by atoms with Gasteiger partial charge in [-0.25, -0.2) is 0 Å². The minimum atomic E-state index is 0.0350. The van der Waals surface area contributed by atoms with Gasteiger partial charge in [0, 0.05) is 17.3 Å². The Labute approximate surface area is 121 Å². The molecule has 1 saturated carbocycles. The van der Waals surface area contributed by atoms with Crippen molar-refractivity contribution in [3.05, 3.63) is 29.3 Å². The molecule has 110 valence electrons. The van der Waals surface area contributed by atoms with Crippen molar-refractivity contribution < 1.29 is 4.79 Å². The maximum atomic E-state index is 12.4. The minimum absolute atomic E-state index is 0.0350. The average molecular weight is 275 g/mol. The van der Waals surface area contributed by atoms with Gasteiger partial charge in [-0.05, 0) is 49.4 Å². The van der Waals surface area contributed by atoms with Crippen LogP contribution in [0.4, 0.5) is 5.69 Å². The molecule has 4 heteroatoms. The molecule has 0 spiro atoms. The second-order valence-electron chi connectivity index (χ2n) is 5.79. The fraction of sp³-hybridized carbons (Fsp3) is 0.562. The summed E-state index contributed by atoms with van der Waals surface area (Å²) in [4.78, 5) is 12.4. The van der Waals surface area contributed by atoms with Crippen molar-refractivity contribution in [2.75, 3.05) is 5.43 Å². The predicted molar refractivity (Wildman–Crippen MR) is 82.5 cm³/mol. The number of hydrogen-bond donors (Lipinski definition) is 3. The lowest BCUT2D eigenvalue weighted by Gasteiger charge is -2.29. The SMILES string of the molecule is CCC1CCCC(NC(=O)c2ccc(NN)cc2C)C1. The smallest absolute Gasteiger partial charge is 0.251 e. The first-order chi connectivity index (χ1) is 9.63. The van der Waals surface area contributed by atoms with Crippen LogP contribution in [0.3, 0.4) is 0 Å². The molecular weight excluding hydrogens is 250 g/mol. The number of anilines is 1. The van der Waals surface area contributed by atoms with Gasteiger partial charge in [0.1, 0.15) is 0 Å². The van der Waals surface area contributed by atoms with Crippen molar-refractivity contribution in [2.45, 2.75) is 52.0 Å². The van der Waals surface area contributed by atoms with E-state index in [4.69, 9.17) is 5.84 Å². The van der Waals surface area contributed by atoms with Gasteiger partial charge >= 0.3 is 0 Å². The molecule has 0 bridgehead atoms. The normalized spacial score (nSPS) is 22.4. The number of nitrogens with one attached hydrogen (secondary N) is 2. The summed E-state index contributed by atoms with van der Waals surface area (Å²) in [5, 5.41) is 3.19. The molecule has 0 heterocycles.